The van der Waals surface area contributed by atoms with Crippen molar-refractivity contribution in [3.63, 3.8) is 0 Å². The zero-order valence-electron chi connectivity index (χ0n) is 44.1. The number of allylic oxidation sites excluding steroid dienone is 4. The van der Waals surface area contributed by atoms with E-state index >= 15 is 0 Å². The summed E-state index contributed by atoms with van der Waals surface area (Å²) in [6, 6.07) is -1.05. The summed E-state index contributed by atoms with van der Waals surface area (Å²) >= 11 is 1.30. The topological polar surface area (TPSA) is 119 Å². The van der Waals surface area contributed by atoms with Gasteiger partial charge in [-0.15, -0.1) is 0 Å². The fourth-order valence-corrected chi connectivity index (χ4v) is 9.39. The van der Waals surface area contributed by atoms with Gasteiger partial charge in [0.1, 0.15) is 18.8 Å². The Bertz CT molecular complexity index is 1180. The lowest BCUT2D eigenvalue weighted by molar-refractivity contribution is -0.157. The van der Waals surface area contributed by atoms with Gasteiger partial charge in [0.25, 0.3) is 0 Å². The minimum atomic E-state index is -1.09. The van der Waals surface area contributed by atoms with Crippen molar-refractivity contribution in [1.29, 1.82) is 0 Å². The molecule has 392 valence electrons. The number of esters is 2. The van der Waals surface area contributed by atoms with Gasteiger partial charge in [0, 0.05) is 30.8 Å². The predicted molar refractivity (Wildman–Crippen MR) is 287 cm³/mol. The van der Waals surface area contributed by atoms with Crippen molar-refractivity contribution in [3.8, 4) is 0 Å². The van der Waals surface area contributed by atoms with Crippen LogP contribution in [0, 0.1) is 0 Å². The fourth-order valence-electron chi connectivity index (χ4n) is 8.36. The number of amides is 1. The molecule has 1 amide bonds. The molecule has 2 atom stereocenters. The Morgan fingerprint density at radius 1 is 0.433 bits per heavy atom. The first-order valence-corrected chi connectivity index (χ1v) is 29.7. The summed E-state index contributed by atoms with van der Waals surface area (Å²) in [5.74, 6) is -1.55. The summed E-state index contributed by atoms with van der Waals surface area (Å²) in [5, 5.41) is 12.6. The van der Waals surface area contributed by atoms with Gasteiger partial charge >= 0.3 is 17.9 Å². The maximum atomic E-state index is 12.9. The van der Waals surface area contributed by atoms with Crippen molar-refractivity contribution in [2.45, 2.75) is 303 Å². The molecule has 2 N–H and O–H groups in total. The number of nitrogens with one attached hydrogen (secondary N) is 1. The molecule has 8 nitrogen and oxygen atoms in total. The van der Waals surface area contributed by atoms with E-state index < -0.39 is 18.1 Å². The third kappa shape index (κ3) is 49.9. The number of thioether (sulfide) groups is 1. The molecule has 0 aromatic carbocycles. The monoisotopic (exact) mass is 962 g/mol. The molecule has 0 rings (SSSR count). The van der Waals surface area contributed by atoms with Crippen LogP contribution in [0.25, 0.3) is 0 Å². The van der Waals surface area contributed by atoms with E-state index in [0.29, 0.717) is 19.3 Å². The van der Waals surface area contributed by atoms with Gasteiger partial charge in [-0.1, -0.05) is 225 Å². The lowest BCUT2D eigenvalue weighted by Gasteiger charge is -2.19. The molecule has 0 bridgehead atoms. The van der Waals surface area contributed by atoms with Crippen molar-refractivity contribution in [2.24, 2.45) is 0 Å². The van der Waals surface area contributed by atoms with Crippen LogP contribution in [0.1, 0.15) is 290 Å². The number of aliphatic carboxylic acids is 1. The molecular formula is C58H107NO7S. The van der Waals surface area contributed by atoms with Gasteiger partial charge in [-0.2, -0.15) is 11.8 Å². The van der Waals surface area contributed by atoms with E-state index in [2.05, 4.69) is 50.4 Å². The number of carboxylic acids is 1. The summed E-state index contributed by atoms with van der Waals surface area (Å²) in [7, 11) is 0. The van der Waals surface area contributed by atoms with Gasteiger partial charge < -0.3 is 19.9 Å². The van der Waals surface area contributed by atoms with Gasteiger partial charge in [-0.25, -0.2) is 4.79 Å². The number of unbranched alkanes of at least 4 members (excludes halogenated alkanes) is 34. The summed E-state index contributed by atoms with van der Waals surface area (Å²) in [5.41, 5.74) is 0. The largest absolute Gasteiger partial charge is 0.480 e. The average molecular weight is 963 g/mol. The highest BCUT2D eigenvalue weighted by atomic mass is 32.2. The first-order chi connectivity index (χ1) is 32.8. The number of carboxylic acid groups (broad SMARTS) is 1. The standard InChI is InChI=1S/C58H107NO7S/c1-4-7-10-13-16-19-22-25-27-30-33-36-39-42-45-48-56(61)65-50-53(66-57(62)49-46-43-40-37-34-31-28-26-23-20-17-14-11-8-5-2)51-67-52-54(58(63)64)59-55(60)47-44-41-38-35-32-29-24-21-18-15-12-9-6-3/h25-28,53-54H,4-24,29-52H2,1-3H3,(H,59,60)(H,63,64)/t53-,54-/m1/s1. The highest BCUT2D eigenvalue weighted by Crippen LogP contribution is 2.17. The van der Waals surface area contributed by atoms with Gasteiger partial charge in [-0.05, 0) is 70.6 Å². The van der Waals surface area contributed by atoms with Crippen molar-refractivity contribution >= 4 is 35.6 Å². The Balaban J connectivity index is 4.64. The Morgan fingerprint density at radius 2 is 0.761 bits per heavy atom. The van der Waals surface area contributed by atoms with Crippen LogP contribution < -0.4 is 5.32 Å². The van der Waals surface area contributed by atoms with E-state index in [9.17, 15) is 24.3 Å². The van der Waals surface area contributed by atoms with Gasteiger partial charge in [0.05, 0.1) is 0 Å². The molecule has 0 saturated carbocycles. The SMILES string of the molecule is CCCCCCCCC=CCCCCCCCC(=O)OC[C@H](CSC[C@@H](NC(=O)CCCCCCCCCCCCCCC)C(=O)O)OC(=O)CCCCCCCC=CCCCCCCCC. The molecule has 0 spiro atoms. The fraction of sp³-hybridized carbons (Fsp3) is 0.862. The summed E-state index contributed by atoms with van der Waals surface area (Å²) in [6.07, 6.45) is 56.3. The second-order valence-corrected chi connectivity index (χ2v) is 20.5. The summed E-state index contributed by atoms with van der Waals surface area (Å²) in [4.78, 5) is 50.5. The molecular weight excluding hydrogens is 855 g/mol. The van der Waals surface area contributed by atoms with Crippen LogP contribution in [-0.4, -0.2) is 59.2 Å². The van der Waals surface area contributed by atoms with Crippen LogP contribution in [0.4, 0.5) is 0 Å². The first-order valence-electron chi connectivity index (χ1n) is 28.6. The van der Waals surface area contributed by atoms with Gasteiger partial charge in [0.15, 0.2) is 0 Å². The Kier molecular flexibility index (Phi) is 51.3. The van der Waals surface area contributed by atoms with Crippen LogP contribution in [-0.2, 0) is 28.7 Å². The molecule has 0 fully saturated rings. The van der Waals surface area contributed by atoms with Crippen molar-refractivity contribution < 1.29 is 33.8 Å². The highest BCUT2D eigenvalue weighted by molar-refractivity contribution is 7.99. The summed E-state index contributed by atoms with van der Waals surface area (Å²) in [6.45, 7) is 6.71. The number of hydrogen-bond acceptors (Lipinski definition) is 7. The van der Waals surface area contributed by atoms with Gasteiger partial charge in [0.2, 0.25) is 5.91 Å². The van der Waals surface area contributed by atoms with E-state index in [4.69, 9.17) is 9.47 Å². The molecule has 0 unspecified atom stereocenters. The van der Waals surface area contributed by atoms with Crippen molar-refractivity contribution in [2.75, 3.05) is 18.1 Å². The minimum absolute atomic E-state index is 0.0574. The molecule has 0 heterocycles. The van der Waals surface area contributed by atoms with E-state index in [0.717, 1.165) is 89.9 Å². The Labute approximate surface area is 418 Å². The third-order valence-electron chi connectivity index (χ3n) is 12.7. The zero-order chi connectivity index (χ0) is 48.9. The van der Waals surface area contributed by atoms with Gasteiger partial charge in [-0.3, -0.25) is 14.4 Å². The normalized spacial score (nSPS) is 12.5. The number of carbonyl (C=O) groups is 4. The number of rotatable bonds is 53. The predicted octanol–water partition coefficient (Wildman–Crippen LogP) is 17.3. The average Bonchev–Trinajstić information content (AvgIpc) is 3.31. The highest BCUT2D eigenvalue weighted by Gasteiger charge is 2.23. The maximum absolute atomic E-state index is 12.9. The van der Waals surface area contributed by atoms with Crippen LogP contribution in [0.2, 0.25) is 0 Å². The molecule has 0 saturated heterocycles. The van der Waals surface area contributed by atoms with Crippen molar-refractivity contribution in [3.05, 3.63) is 24.3 Å². The molecule has 0 aliphatic carbocycles. The number of carbonyl (C=O) groups excluding carboxylic acids is 3. The summed E-state index contributed by atoms with van der Waals surface area (Å²) < 4.78 is 11.4. The molecule has 9 heteroatoms. The molecule has 0 aromatic heterocycles. The lowest BCUT2D eigenvalue weighted by atomic mass is 10.0. The van der Waals surface area contributed by atoms with E-state index in [1.807, 2.05) is 0 Å². The minimum Gasteiger partial charge on any atom is -0.480 e. The number of hydrogen-bond donors (Lipinski definition) is 2. The molecule has 0 aromatic rings. The second-order valence-electron chi connectivity index (χ2n) is 19.5. The third-order valence-corrected chi connectivity index (χ3v) is 13.9. The van der Waals surface area contributed by atoms with Crippen LogP contribution in [0.5, 0.6) is 0 Å². The molecule has 67 heavy (non-hydrogen) atoms. The van der Waals surface area contributed by atoms with Crippen LogP contribution in [0.3, 0.4) is 0 Å². The quantitative estimate of drug-likeness (QED) is 0.0351. The first kappa shape index (κ1) is 64.7. The number of ether oxygens (including phenoxy) is 2. The lowest BCUT2D eigenvalue weighted by Crippen LogP contribution is -2.42. The van der Waals surface area contributed by atoms with E-state index in [-0.39, 0.29) is 36.0 Å². The van der Waals surface area contributed by atoms with Crippen LogP contribution in [0.15, 0.2) is 24.3 Å². The molecule has 0 aliphatic heterocycles. The molecule has 0 aliphatic rings. The van der Waals surface area contributed by atoms with Crippen molar-refractivity contribution in [1.82, 2.24) is 5.32 Å². The second kappa shape index (κ2) is 53.1. The van der Waals surface area contributed by atoms with E-state index in [1.54, 1.807) is 0 Å². The van der Waals surface area contributed by atoms with Crippen LogP contribution >= 0.6 is 11.8 Å². The zero-order valence-corrected chi connectivity index (χ0v) is 44.9. The Morgan fingerprint density at radius 3 is 1.13 bits per heavy atom. The van der Waals surface area contributed by atoms with E-state index in [1.165, 1.54) is 172 Å². The maximum Gasteiger partial charge on any atom is 0.327 e. The Hall–Kier alpha value is -2.29. The smallest absolute Gasteiger partial charge is 0.327 e. The molecule has 0 radical (unpaired) electrons.